The van der Waals surface area contributed by atoms with Crippen LogP contribution in [-0.4, -0.2) is 24.3 Å². The first-order chi connectivity index (χ1) is 5.74. The summed E-state index contributed by atoms with van der Waals surface area (Å²) >= 11 is 0. The Morgan fingerprint density at radius 1 is 1.33 bits per heavy atom. The maximum atomic E-state index is 10.6. The van der Waals surface area contributed by atoms with Crippen LogP contribution in [0.15, 0.2) is 4.99 Å². The van der Waals surface area contributed by atoms with Crippen LogP contribution >= 0.6 is 0 Å². The third kappa shape index (κ3) is 1.83. The number of nitrogens with one attached hydrogen (secondary N) is 2. The number of aliphatic imine (C=N–C) groups is 1. The van der Waals surface area contributed by atoms with E-state index >= 15 is 0 Å². The van der Waals surface area contributed by atoms with Crippen LogP contribution in [0.5, 0.6) is 0 Å². The minimum Gasteiger partial charge on any atom is -0.288 e. The summed E-state index contributed by atoms with van der Waals surface area (Å²) < 4.78 is 0. The molecule has 0 bridgehead atoms. The van der Waals surface area contributed by atoms with E-state index in [0.717, 1.165) is 0 Å². The molecule has 1 rings (SSSR count). The Morgan fingerprint density at radius 2 is 1.92 bits per heavy atom. The minimum atomic E-state index is -0.686. The summed E-state index contributed by atoms with van der Waals surface area (Å²) in [6.45, 7) is 0.395. The number of carbonyl (C=O) groups excluding carboxylic acids is 2. The van der Waals surface area contributed by atoms with Gasteiger partial charge in [0, 0.05) is 6.42 Å². The molecule has 2 N–H and O–H groups in total. The van der Waals surface area contributed by atoms with Crippen LogP contribution in [0, 0.1) is 12.3 Å². The van der Waals surface area contributed by atoms with Crippen molar-refractivity contribution in [1.82, 2.24) is 10.6 Å². The first-order valence-corrected chi connectivity index (χ1v) is 3.34. The Hall–Kier alpha value is -1.83. The van der Waals surface area contributed by atoms with Crippen LogP contribution in [0.1, 0.15) is 6.42 Å². The van der Waals surface area contributed by atoms with E-state index in [1.807, 2.05) is 0 Å². The average Bonchev–Trinajstić information content (AvgIpc) is 2.32. The van der Waals surface area contributed by atoms with E-state index in [9.17, 15) is 9.59 Å². The van der Waals surface area contributed by atoms with Gasteiger partial charge in [-0.05, 0) is 0 Å². The van der Waals surface area contributed by atoms with Gasteiger partial charge in [0.15, 0.2) is 0 Å². The second-order valence-electron chi connectivity index (χ2n) is 2.09. The quantitative estimate of drug-likeness (QED) is 0.300. The van der Waals surface area contributed by atoms with Gasteiger partial charge in [0.25, 0.3) is 0 Å². The van der Waals surface area contributed by atoms with Crippen molar-refractivity contribution in [1.29, 1.82) is 0 Å². The van der Waals surface area contributed by atoms with E-state index in [4.69, 9.17) is 6.42 Å². The molecule has 0 atom stereocenters. The van der Waals surface area contributed by atoms with E-state index in [1.165, 1.54) is 0 Å². The molecular weight excluding hydrogens is 158 g/mol. The zero-order chi connectivity index (χ0) is 8.97. The summed E-state index contributed by atoms with van der Waals surface area (Å²) in [6, 6.07) is 0. The number of carbonyl (C=O) groups is 2. The minimum absolute atomic E-state index is 0.181. The van der Waals surface area contributed by atoms with Gasteiger partial charge in [-0.2, -0.15) is 0 Å². The van der Waals surface area contributed by atoms with Crippen molar-refractivity contribution in [3.63, 3.8) is 0 Å². The van der Waals surface area contributed by atoms with E-state index in [1.54, 1.807) is 0 Å². The lowest BCUT2D eigenvalue weighted by molar-refractivity contribution is -0.135. The fourth-order valence-corrected chi connectivity index (χ4v) is 0.671. The van der Waals surface area contributed by atoms with Gasteiger partial charge in [0.05, 0.1) is 6.54 Å². The normalized spacial score (nSPS) is 15.1. The number of guanidine groups is 1. The largest absolute Gasteiger partial charge is 0.316 e. The summed E-state index contributed by atoms with van der Waals surface area (Å²) in [5.74, 6) is 1.19. The van der Waals surface area contributed by atoms with E-state index in [-0.39, 0.29) is 5.96 Å². The molecule has 0 spiro atoms. The summed E-state index contributed by atoms with van der Waals surface area (Å²) in [4.78, 5) is 25.0. The fourth-order valence-electron chi connectivity index (χ4n) is 0.671. The van der Waals surface area contributed by atoms with Gasteiger partial charge in [-0.15, -0.1) is 12.3 Å². The second kappa shape index (κ2) is 3.53. The molecule has 1 heterocycles. The highest BCUT2D eigenvalue weighted by Gasteiger charge is 2.24. The molecule has 0 aromatic heterocycles. The monoisotopic (exact) mass is 165 g/mol. The molecule has 1 fully saturated rings. The van der Waals surface area contributed by atoms with Crippen molar-refractivity contribution < 1.29 is 9.59 Å². The highest BCUT2D eigenvalue weighted by atomic mass is 16.2. The molecule has 2 amide bonds. The van der Waals surface area contributed by atoms with Gasteiger partial charge in [0.1, 0.15) is 0 Å². The number of rotatable bonds is 2. The van der Waals surface area contributed by atoms with Crippen molar-refractivity contribution >= 4 is 17.8 Å². The lowest BCUT2D eigenvalue weighted by atomic mass is 10.5. The molecule has 62 valence electrons. The van der Waals surface area contributed by atoms with Gasteiger partial charge in [0.2, 0.25) is 5.96 Å². The van der Waals surface area contributed by atoms with Crippen LogP contribution in [-0.2, 0) is 9.59 Å². The zero-order valence-corrected chi connectivity index (χ0v) is 6.26. The molecular formula is C7H7N3O2. The number of nitrogens with zero attached hydrogens (tertiary/aromatic N) is 1. The van der Waals surface area contributed by atoms with Gasteiger partial charge >= 0.3 is 11.8 Å². The van der Waals surface area contributed by atoms with Crippen LogP contribution < -0.4 is 10.6 Å². The third-order valence-corrected chi connectivity index (χ3v) is 1.20. The van der Waals surface area contributed by atoms with Crippen molar-refractivity contribution in [2.24, 2.45) is 4.99 Å². The van der Waals surface area contributed by atoms with Crippen LogP contribution in [0.25, 0.3) is 0 Å². The molecule has 0 radical (unpaired) electrons. The predicted octanol–water partition coefficient (Wildman–Crippen LogP) is -1.39. The van der Waals surface area contributed by atoms with E-state index < -0.39 is 11.8 Å². The third-order valence-electron chi connectivity index (χ3n) is 1.20. The van der Waals surface area contributed by atoms with Gasteiger partial charge in [-0.1, -0.05) is 0 Å². The van der Waals surface area contributed by atoms with Gasteiger partial charge in [-0.25, -0.2) is 0 Å². The van der Waals surface area contributed by atoms with Crippen molar-refractivity contribution in [3.8, 4) is 12.3 Å². The summed E-state index contributed by atoms with van der Waals surface area (Å²) in [5.41, 5.74) is 0. The van der Waals surface area contributed by atoms with Crippen LogP contribution in [0.3, 0.4) is 0 Å². The van der Waals surface area contributed by atoms with Gasteiger partial charge in [-0.3, -0.25) is 25.2 Å². The van der Waals surface area contributed by atoms with Crippen LogP contribution in [0.2, 0.25) is 0 Å². The van der Waals surface area contributed by atoms with E-state index in [0.29, 0.717) is 13.0 Å². The number of hydrogen-bond donors (Lipinski definition) is 2. The van der Waals surface area contributed by atoms with Crippen LogP contribution in [0.4, 0.5) is 0 Å². The number of hydrogen-bond acceptors (Lipinski definition) is 3. The fraction of sp³-hybridized carbons (Fsp3) is 0.286. The van der Waals surface area contributed by atoms with Gasteiger partial charge < -0.3 is 0 Å². The maximum absolute atomic E-state index is 10.6. The SMILES string of the molecule is C#CCCN=C1NC(=O)C(=O)N1. The molecule has 1 aliphatic heterocycles. The Balaban J connectivity index is 2.47. The summed E-state index contributed by atoms with van der Waals surface area (Å²) in [5, 5.41) is 4.49. The Bertz CT molecular complexity index is 270. The molecule has 0 aromatic carbocycles. The lowest BCUT2D eigenvalue weighted by Gasteiger charge is -1.92. The summed E-state index contributed by atoms with van der Waals surface area (Å²) in [6.07, 6.45) is 5.46. The highest BCUT2D eigenvalue weighted by molar-refractivity contribution is 6.45. The lowest BCUT2D eigenvalue weighted by Crippen LogP contribution is -2.25. The first-order valence-electron chi connectivity index (χ1n) is 3.34. The molecule has 5 heteroatoms. The predicted molar refractivity (Wildman–Crippen MR) is 42.0 cm³/mol. The Labute approximate surface area is 69.2 Å². The Morgan fingerprint density at radius 3 is 2.42 bits per heavy atom. The Kier molecular flexibility index (Phi) is 2.43. The van der Waals surface area contributed by atoms with Crippen molar-refractivity contribution in [3.05, 3.63) is 0 Å². The molecule has 12 heavy (non-hydrogen) atoms. The maximum Gasteiger partial charge on any atom is 0.316 e. The van der Waals surface area contributed by atoms with Crippen molar-refractivity contribution in [2.45, 2.75) is 6.42 Å². The molecule has 1 saturated heterocycles. The number of terminal acetylenes is 1. The molecule has 1 aliphatic rings. The van der Waals surface area contributed by atoms with Crippen molar-refractivity contribution in [2.75, 3.05) is 6.54 Å². The zero-order valence-electron chi connectivity index (χ0n) is 6.26. The molecule has 0 saturated carbocycles. The first kappa shape index (κ1) is 8.27. The topological polar surface area (TPSA) is 70.6 Å². The second-order valence-corrected chi connectivity index (χ2v) is 2.09. The number of amides is 2. The molecule has 5 nitrogen and oxygen atoms in total. The molecule has 0 unspecified atom stereocenters. The average molecular weight is 165 g/mol. The molecule has 0 aromatic rings. The summed E-state index contributed by atoms with van der Waals surface area (Å²) in [7, 11) is 0. The highest BCUT2D eigenvalue weighted by Crippen LogP contribution is 1.84. The van der Waals surface area contributed by atoms with E-state index in [2.05, 4.69) is 21.5 Å². The molecule has 0 aliphatic carbocycles. The smallest absolute Gasteiger partial charge is 0.288 e. The standard InChI is InChI=1S/C7H7N3O2/c1-2-3-4-8-7-9-5(11)6(12)10-7/h1H,3-4H2,(H2,8,9,10,11,12).